The number of anilines is 2. The number of hydrogen-bond acceptors (Lipinski definition) is 9. The van der Waals surface area contributed by atoms with E-state index >= 15 is 0 Å². The Kier molecular flexibility index (Phi) is 10.1. The normalized spacial score (nSPS) is 19.5. The fourth-order valence-corrected chi connectivity index (χ4v) is 6.52. The van der Waals surface area contributed by atoms with E-state index in [2.05, 4.69) is 79.2 Å². The van der Waals surface area contributed by atoms with Crippen LogP contribution in [0.25, 0.3) is 22.5 Å². The number of benzene rings is 2. The molecule has 2 aliphatic rings. The lowest BCUT2D eigenvalue weighted by Crippen LogP contribution is -2.44. The number of hydrogen-bond donors (Lipinski definition) is 3. The molecule has 2 aromatic carbocycles. The summed E-state index contributed by atoms with van der Waals surface area (Å²) >= 11 is 0. The standard InChI is InChI=1S/C35H43N9O2/c1-43-16-18-44(19-17-43)33-15-12-29(23-37-33)26-6-2-24(3-7-26)20-30(21-32(45)27-8-4-25(22-36)5-9-27)35(46)38-31-13-10-28(11-14-31)34-39-41-42-40-34/h2-3,6-7,10-15,23,25,27,30H,4-5,8-9,16-22,36H2,1H3,(H,38,46)(H,39,40,41,42)/t25?,27?,30-/m1/s1. The van der Waals surface area contributed by atoms with Crippen molar-refractivity contribution in [1.29, 1.82) is 0 Å². The first-order valence-electron chi connectivity index (χ1n) is 16.3. The third-order valence-electron chi connectivity index (χ3n) is 9.55. The number of nitrogens with two attached hydrogens (primary N) is 1. The van der Waals surface area contributed by atoms with Crippen molar-refractivity contribution in [2.45, 2.75) is 38.5 Å². The number of tetrazole rings is 1. The Morgan fingerprint density at radius 1 is 0.913 bits per heavy atom. The third-order valence-corrected chi connectivity index (χ3v) is 9.55. The van der Waals surface area contributed by atoms with Gasteiger partial charge in [0.1, 0.15) is 11.6 Å². The van der Waals surface area contributed by atoms with E-state index in [1.807, 2.05) is 30.5 Å². The number of rotatable bonds is 11. The van der Waals surface area contributed by atoms with Gasteiger partial charge in [-0.3, -0.25) is 9.59 Å². The van der Waals surface area contributed by atoms with Gasteiger partial charge in [0.15, 0.2) is 0 Å². The van der Waals surface area contributed by atoms with Crippen LogP contribution in [0.3, 0.4) is 0 Å². The number of aromatic nitrogens is 5. The molecular formula is C35H43N9O2. The van der Waals surface area contributed by atoms with Crippen molar-refractivity contribution in [3.8, 4) is 22.5 Å². The Hall–Kier alpha value is -4.48. The first-order valence-corrected chi connectivity index (χ1v) is 16.3. The summed E-state index contributed by atoms with van der Waals surface area (Å²) in [7, 11) is 2.15. The highest BCUT2D eigenvalue weighted by Gasteiger charge is 2.30. The van der Waals surface area contributed by atoms with Gasteiger partial charge < -0.3 is 20.9 Å². The van der Waals surface area contributed by atoms with E-state index < -0.39 is 5.92 Å². The summed E-state index contributed by atoms with van der Waals surface area (Å²) in [5, 5.41) is 17.1. The molecule has 4 aromatic rings. The van der Waals surface area contributed by atoms with Crippen molar-refractivity contribution in [3.63, 3.8) is 0 Å². The van der Waals surface area contributed by atoms with E-state index in [0.717, 1.165) is 79.9 Å². The number of Topliss-reactive ketones (excluding diaryl/α,β-unsaturated/α-hetero) is 1. The minimum atomic E-state index is -0.494. The number of carbonyl (C=O) groups is 2. The van der Waals surface area contributed by atoms with Gasteiger partial charge in [0.05, 0.1) is 0 Å². The van der Waals surface area contributed by atoms with E-state index in [1.165, 1.54) is 0 Å². The Morgan fingerprint density at radius 3 is 2.24 bits per heavy atom. The van der Waals surface area contributed by atoms with Crippen molar-refractivity contribution in [2.24, 2.45) is 23.5 Å². The zero-order valence-electron chi connectivity index (χ0n) is 26.4. The van der Waals surface area contributed by atoms with Gasteiger partial charge in [-0.2, -0.15) is 5.21 Å². The third kappa shape index (κ3) is 7.83. The monoisotopic (exact) mass is 621 g/mol. The number of pyridine rings is 1. The van der Waals surface area contributed by atoms with Gasteiger partial charge in [0.25, 0.3) is 0 Å². The van der Waals surface area contributed by atoms with Crippen LogP contribution in [-0.4, -0.2) is 82.0 Å². The molecule has 1 aliphatic heterocycles. The number of piperazine rings is 1. The highest BCUT2D eigenvalue weighted by atomic mass is 16.2. The average molecular weight is 622 g/mol. The number of carbonyl (C=O) groups excluding carboxylic acids is 2. The molecule has 240 valence electrons. The highest BCUT2D eigenvalue weighted by molar-refractivity contribution is 5.96. The molecule has 11 nitrogen and oxygen atoms in total. The minimum Gasteiger partial charge on any atom is -0.354 e. The molecule has 1 saturated heterocycles. The van der Waals surface area contributed by atoms with E-state index in [4.69, 9.17) is 10.7 Å². The highest BCUT2D eigenvalue weighted by Crippen LogP contribution is 2.31. The van der Waals surface area contributed by atoms with E-state index in [1.54, 1.807) is 0 Å². The zero-order valence-corrected chi connectivity index (χ0v) is 26.4. The van der Waals surface area contributed by atoms with Crippen LogP contribution in [0, 0.1) is 17.8 Å². The topological polar surface area (TPSA) is 146 Å². The lowest BCUT2D eigenvalue weighted by atomic mass is 9.77. The quantitative estimate of drug-likeness (QED) is 0.224. The van der Waals surface area contributed by atoms with Gasteiger partial charge in [0.2, 0.25) is 11.7 Å². The lowest BCUT2D eigenvalue weighted by Gasteiger charge is -2.33. The summed E-state index contributed by atoms with van der Waals surface area (Å²) in [4.78, 5) is 36.6. The predicted molar refractivity (Wildman–Crippen MR) is 179 cm³/mol. The van der Waals surface area contributed by atoms with Crippen LogP contribution < -0.4 is 16.0 Å². The van der Waals surface area contributed by atoms with Crippen LogP contribution in [0.4, 0.5) is 11.5 Å². The molecule has 0 spiro atoms. The Labute approximate surface area is 270 Å². The van der Waals surface area contributed by atoms with E-state index in [9.17, 15) is 9.59 Å². The molecule has 0 bridgehead atoms. The largest absolute Gasteiger partial charge is 0.354 e. The fraction of sp³-hybridized carbons (Fsp3) is 0.429. The summed E-state index contributed by atoms with van der Waals surface area (Å²) < 4.78 is 0. The molecule has 3 heterocycles. The number of likely N-dealkylation sites (N-methyl/N-ethyl adjacent to an activating group) is 1. The van der Waals surface area contributed by atoms with Crippen LogP contribution in [0.5, 0.6) is 0 Å². The van der Waals surface area contributed by atoms with Crippen molar-refractivity contribution in [3.05, 3.63) is 72.4 Å². The maximum absolute atomic E-state index is 13.7. The van der Waals surface area contributed by atoms with Gasteiger partial charge in [0, 0.05) is 67.4 Å². The van der Waals surface area contributed by atoms with Crippen LogP contribution in [0.1, 0.15) is 37.7 Å². The maximum Gasteiger partial charge on any atom is 0.228 e. The summed E-state index contributed by atoms with van der Waals surface area (Å²) in [5.74, 6) is 1.50. The molecule has 2 aromatic heterocycles. The second kappa shape index (κ2) is 14.7. The zero-order chi connectivity index (χ0) is 31.9. The van der Waals surface area contributed by atoms with E-state index in [-0.39, 0.29) is 24.0 Å². The van der Waals surface area contributed by atoms with Crippen LogP contribution >= 0.6 is 0 Å². The van der Waals surface area contributed by atoms with Gasteiger partial charge >= 0.3 is 0 Å². The SMILES string of the molecule is CN1CCN(c2ccc(-c3ccc(C[C@H](CC(=O)C4CCC(CN)CC4)C(=O)Nc4ccc(-c5nn[nH]n5)cc4)cc3)cn2)CC1. The molecule has 6 rings (SSSR count). The molecule has 4 N–H and O–H groups in total. The first-order chi connectivity index (χ1) is 22.4. The predicted octanol–water partition coefficient (Wildman–Crippen LogP) is 4.20. The van der Waals surface area contributed by atoms with Crippen LogP contribution in [0.2, 0.25) is 0 Å². The number of aromatic amines is 1. The second-order valence-corrected chi connectivity index (χ2v) is 12.7. The molecule has 46 heavy (non-hydrogen) atoms. The summed E-state index contributed by atoms with van der Waals surface area (Å²) in [6.07, 6.45) is 6.26. The van der Waals surface area contributed by atoms with Crippen molar-refractivity contribution in [2.75, 3.05) is 50.0 Å². The molecule has 11 heteroatoms. The first kappa shape index (κ1) is 31.5. The lowest BCUT2D eigenvalue weighted by molar-refractivity contribution is -0.129. The Morgan fingerprint density at radius 2 is 1.61 bits per heavy atom. The molecule has 2 fully saturated rings. The molecule has 0 radical (unpaired) electrons. The number of nitrogens with one attached hydrogen (secondary N) is 2. The molecule has 1 amide bonds. The molecule has 1 aliphatic carbocycles. The van der Waals surface area contributed by atoms with Gasteiger partial charge in [-0.25, -0.2) is 4.98 Å². The Bertz CT molecular complexity index is 1560. The molecule has 0 unspecified atom stereocenters. The molecule has 1 saturated carbocycles. The van der Waals surface area contributed by atoms with Crippen molar-refractivity contribution in [1.82, 2.24) is 30.5 Å². The maximum atomic E-state index is 13.7. The summed E-state index contributed by atoms with van der Waals surface area (Å²) in [6.45, 7) is 4.71. The van der Waals surface area contributed by atoms with Crippen molar-refractivity contribution >= 4 is 23.2 Å². The Balaban J connectivity index is 1.13. The minimum absolute atomic E-state index is 0.00367. The van der Waals surface area contributed by atoms with Crippen LogP contribution in [-0.2, 0) is 16.0 Å². The number of amides is 1. The number of H-pyrrole nitrogens is 1. The second-order valence-electron chi connectivity index (χ2n) is 12.7. The number of nitrogens with zero attached hydrogens (tertiary/aromatic N) is 6. The van der Waals surface area contributed by atoms with Crippen molar-refractivity contribution < 1.29 is 9.59 Å². The molecular weight excluding hydrogens is 578 g/mol. The van der Waals surface area contributed by atoms with Crippen LogP contribution in [0.15, 0.2) is 66.9 Å². The fourth-order valence-electron chi connectivity index (χ4n) is 6.52. The van der Waals surface area contributed by atoms with Gasteiger partial charge in [-0.1, -0.05) is 24.3 Å². The van der Waals surface area contributed by atoms with Gasteiger partial charge in [-0.05, 0) is 104 Å². The summed E-state index contributed by atoms with van der Waals surface area (Å²) in [6, 6.07) is 19.8. The van der Waals surface area contributed by atoms with Gasteiger partial charge in [-0.15, -0.1) is 10.2 Å². The van der Waals surface area contributed by atoms with E-state index in [0.29, 0.717) is 30.4 Å². The smallest absolute Gasteiger partial charge is 0.228 e. The average Bonchev–Trinajstić information content (AvgIpc) is 3.64. The number of ketones is 1. The molecule has 1 atom stereocenters. The summed E-state index contributed by atoms with van der Waals surface area (Å²) in [5.41, 5.74) is 10.4.